The molecular weight excluding hydrogens is 462 g/mol. The van der Waals surface area contributed by atoms with E-state index in [-0.39, 0.29) is 36.4 Å². The first kappa shape index (κ1) is 23.9. The Morgan fingerprint density at radius 1 is 1.06 bits per heavy atom. The quantitative estimate of drug-likeness (QED) is 0.458. The minimum Gasteiger partial charge on any atom is -0.496 e. The van der Waals surface area contributed by atoms with Crippen LogP contribution in [0.25, 0.3) is 0 Å². The lowest BCUT2D eigenvalue weighted by Crippen LogP contribution is -2.52. The first-order valence-corrected chi connectivity index (χ1v) is 10.8. The summed E-state index contributed by atoms with van der Waals surface area (Å²) in [6.07, 6.45) is 0.769. The van der Waals surface area contributed by atoms with Crippen molar-refractivity contribution in [1.29, 1.82) is 0 Å². The number of ether oxygens (including phenoxy) is 3. The summed E-state index contributed by atoms with van der Waals surface area (Å²) in [5, 5.41) is 22.6. The van der Waals surface area contributed by atoms with Gasteiger partial charge in [-0.1, -0.05) is 0 Å². The Kier molecular flexibility index (Phi) is 6.05. The number of benzene rings is 2. The van der Waals surface area contributed by atoms with Crippen molar-refractivity contribution in [2.45, 2.75) is 31.8 Å². The highest BCUT2D eigenvalue weighted by Crippen LogP contribution is 2.45. The molecule has 0 radical (unpaired) electrons. The van der Waals surface area contributed by atoms with Crippen molar-refractivity contribution in [3.8, 4) is 17.2 Å². The van der Waals surface area contributed by atoms with Gasteiger partial charge in [0.2, 0.25) is 0 Å². The lowest BCUT2D eigenvalue weighted by atomic mass is 9.82. The van der Waals surface area contributed by atoms with Gasteiger partial charge < -0.3 is 19.1 Å². The number of fused-ring (bicyclic) bond motifs is 1. The summed E-state index contributed by atoms with van der Waals surface area (Å²) in [6.45, 7) is 1.80. The fraction of sp³-hybridized carbons (Fsp3) is 0.391. The van der Waals surface area contributed by atoms with E-state index >= 15 is 0 Å². The van der Waals surface area contributed by atoms with E-state index in [1.807, 2.05) is 0 Å². The van der Waals surface area contributed by atoms with Crippen molar-refractivity contribution in [3.63, 3.8) is 0 Å². The number of likely N-dealkylation sites (tertiary alicyclic amines) is 1. The second-order valence-corrected chi connectivity index (χ2v) is 8.53. The molecule has 1 amide bonds. The molecule has 0 bridgehead atoms. The molecule has 0 aliphatic carbocycles. The molecule has 2 aromatic rings. The van der Waals surface area contributed by atoms with Gasteiger partial charge in [0.25, 0.3) is 17.3 Å². The number of nitro benzene ring substituents is 2. The maximum atomic E-state index is 13.2. The predicted molar refractivity (Wildman–Crippen MR) is 121 cm³/mol. The number of rotatable bonds is 5. The van der Waals surface area contributed by atoms with Crippen LogP contribution in [0.3, 0.4) is 0 Å². The zero-order chi connectivity index (χ0) is 25.5. The van der Waals surface area contributed by atoms with E-state index in [9.17, 15) is 29.8 Å². The molecule has 0 saturated carbocycles. The zero-order valence-electron chi connectivity index (χ0n) is 19.4. The van der Waals surface area contributed by atoms with Crippen LogP contribution in [0, 0.1) is 27.2 Å². The van der Waals surface area contributed by atoms with Crippen molar-refractivity contribution >= 4 is 23.1 Å². The maximum Gasteiger partial charge on any atom is 0.279 e. The van der Waals surface area contributed by atoms with Crippen molar-refractivity contribution in [1.82, 2.24) is 4.90 Å². The molecule has 0 atom stereocenters. The average molecular weight is 485 g/mol. The number of amides is 1. The highest BCUT2D eigenvalue weighted by atomic mass is 16.6. The first-order valence-electron chi connectivity index (χ1n) is 10.8. The van der Waals surface area contributed by atoms with Crippen LogP contribution < -0.4 is 14.2 Å². The normalized spacial score (nSPS) is 16.3. The van der Waals surface area contributed by atoms with Gasteiger partial charge >= 0.3 is 0 Å². The van der Waals surface area contributed by atoms with Crippen LogP contribution in [0.1, 0.15) is 45.5 Å². The van der Waals surface area contributed by atoms with E-state index in [2.05, 4.69) is 0 Å². The standard InChI is InChI=1S/C23H23N3O9/c1-13-16(8-14(25(29)30)9-17(13)26(31)32)22(28)24-6-4-23(5-7-24)12-18(27)21-19(34-3)10-15(33-2)11-20(21)35-23/h8-11H,4-7,12H2,1-3H3. The summed E-state index contributed by atoms with van der Waals surface area (Å²) in [6, 6.07) is 5.14. The number of hydrogen-bond acceptors (Lipinski definition) is 9. The number of non-ortho nitro benzene ring substituents is 1. The third kappa shape index (κ3) is 4.22. The number of carbonyl (C=O) groups excluding carboxylic acids is 2. The molecule has 2 aliphatic rings. The molecule has 2 aromatic carbocycles. The van der Waals surface area contributed by atoms with E-state index in [1.165, 1.54) is 26.0 Å². The minimum atomic E-state index is -0.831. The number of methoxy groups -OCH3 is 2. The molecule has 0 N–H and O–H groups in total. The van der Waals surface area contributed by atoms with Gasteiger partial charge in [0.1, 0.15) is 28.4 Å². The number of hydrogen-bond donors (Lipinski definition) is 0. The predicted octanol–water partition coefficient (Wildman–Crippen LogP) is 3.47. The van der Waals surface area contributed by atoms with Crippen LogP contribution in [0.2, 0.25) is 0 Å². The fourth-order valence-electron chi connectivity index (χ4n) is 4.62. The molecule has 12 heteroatoms. The summed E-state index contributed by atoms with van der Waals surface area (Å²) < 4.78 is 16.9. The van der Waals surface area contributed by atoms with Crippen LogP contribution in [-0.4, -0.2) is 59.3 Å². The Labute approximate surface area is 199 Å². The minimum absolute atomic E-state index is 0.0584. The summed E-state index contributed by atoms with van der Waals surface area (Å²) in [7, 11) is 2.95. The summed E-state index contributed by atoms with van der Waals surface area (Å²) in [4.78, 5) is 48.8. The van der Waals surface area contributed by atoms with Gasteiger partial charge in [-0.15, -0.1) is 0 Å². The molecule has 2 heterocycles. The fourth-order valence-corrected chi connectivity index (χ4v) is 4.62. The van der Waals surface area contributed by atoms with E-state index in [0.29, 0.717) is 35.7 Å². The zero-order valence-corrected chi connectivity index (χ0v) is 19.4. The highest BCUT2D eigenvalue weighted by molar-refractivity contribution is 6.03. The number of carbonyl (C=O) groups is 2. The maximum absolute atomic E-state index is 13.2. The van der Waals surface area contributed by atoms with E-state index in [1.54, 1.807) is 12.1 Å². The average Bonchev–Trinajstić information content (AvgIpc) is 2.82. The number of nitro groups is 2. The Balaban J connectivity index is 1.58. The van der Waals surface area contributed by atoms with Crippen molar-refractivity contribution in [2.75, 3.05) is 27.3 Å². The second-order valence-electron chi connectivity index (χ2n) is 8.53. The van der Waals surface area contributed by atoms with Gasteiger partial charge in [-0.05, 0) is 6.92 Å². The Bertz CT molecular complexity index is 1250. The highest BCUT2D eigenvalue weighted by Gasteiger charge is 2.45. The first-order chi connectivity index (χ1) is 16.6. The smallest absolute Gasteiger partial charge is 0.279 e. The molecule has 0 aromatic heterocycles. The van der Waals surface area contributed by atoms with E-state index < -0.39 is 32.7 Å². The number of piperidine rings is 1. The lowest BCUT2D eigenvalue weighted by Gasteiger charge is -2.44. The van der Waals surface area contributed by atoms with E-state index in [0.717, 1.165) is 12.1 Å². The molecular formula is C23H23N3O9. The van der Waals surface area contributed by atoms with Crippen LogP contribution in [-0.2, 0) is 0 Å². The number of Topliss-reactive ketones (excluding diaryl/α,β-unsaturated/α-hetero) is 1. The third-order valence-corrected chi connectivity index (χ3v) is 6.55. The SMILES string of the molecule is COc1cc(OC)c2c(c1)OC1(CCN(C(=O)c3cc([N+](=O)[O-])cc([N+](=O)[O-])c3C)CC1)CC2=O. The second kappa shape index (κ2) is 8.85. The Hall–Kier alpha value is -4.22. The third-order valence-electron chi connectivity index (χ3n) is 6.55. The van der Waals surface area contributed by atoms with Crippen LogP contribution >= 0.6 is 0 Å². The molecule has 1 saturated heterocycles. The monoisotopic (exact) mass is 485 g/mol. The lowest BCUT2D eigenvalue weighted by molar-refractivity contribution is -0.394. The van der Waals surface area contributed by atoms with E-state index in [4.69, 9.17) is 14.2 Å². The van der Waals surface area contributed by atoms with Crippen molar-refractivity contribution in [2.24, 2.45) is 0 Å². The van der Waals surface area contributed by atoms with Gasteiger partial charge in [-0.25, -0.2) is 0 Å². The van der Waals surface area contributed by atoms with Gasteiger partial charge in [0, 0.05) is 49.7 Å². The number of ketones is 1. The van der Waals surface area contributed by atoms with Gasteiger partial charge in [0.05, 0.1) is 42.1 Å². The molecule has 0 unspecified atom stereocenters. The van der Waals surface area contributed by atoms with Crippen molar-refractivity contribution in [3.05, 3.63) is 61.2 Å². The van der Waals surface area contributed by atoms with Crippen LogP contribution in [0.4, 0.5) is 11.4 Å². The summed E-state index contributed by atoms with van der Waals surface area (Å²) >= 11 is 0. The summed E-state index contributed by atoms with van der Waals surface area (Å²) in [5.74, 6) is 0.489. The van der Waals surface area contributed by atoms with Gasteiger partial charge in [-0.3, -0.25) is 29.8 Å². The number of nitrogens with zero attached hydrogens (tertiary/aromatic N) is 3. The van der Waals surface area contributed by atoms with Gasteiger partial charge in [0.15, 0.2) is 5.78 Å². The van der Waals surface area contributed by atoms with Crippen LogP contribution in [0.5, 0.6) is 17.2 Å². The topological polar surface area (TPSA) is 151 Å². The molecule has 1 spiro atoms. The largest absolute Gasteiger partial charge is 0.496 e. The molecule has 35 heavy (non-hydrogen) atoms. The molecule has 1 fully saturated rings. The molecule has 184 valence electrons. The Morgan fingerprint density at radius 3 is 2.31 bits per heavy atom. The van der Waals surface area contributed by atoms with Crippen LogP contribution in [0.15, 0.2) is 24.3 Å². The van der Waals surface area contributed by atoms with Crippen molar-refractivity contribution < 1.29 is 33.6 Å². The molecule has 4 rings (SSSR count). The molecule has 12 nitrogen and oxygen atoms in total. The summed E-state index contributed by atoms with van der Waals surface area (Å²) in [5.41, 5.74) is -1.54. The molecule has 2 aliphatic heterocycles. The Morgan fingerprint density at radius 2 is 1.74 bits per heavy atom. The van der Waals surface area contributed by atoms with Gasteiger partial charge in [-0.2, -0.15) is 0 Å².